The summed E-state index contributed by atoms with van der Waals surface area (Å²) in [4.78, 5) is 16.0. The van der Waals surface area contributed by atoms with Gasteiger partial charge in [0, 0.05) is 17.5 Å². The van der Waals surface area contributed by atoms with Crippen LogP contribution in [0.4, 0.5) is 16.2 Å². The van der Waals surface area contributed by atoms with Gasteiger partial charge in [0.05, 0.1) is 5.52 Å². The molecular weight excluding hydrogens is 304 g/mol. The third-order valence-electron chi connectivity index (χ3n) is 2.49. The molecule has 0 bridgehead atoms. The molecule has 0 aliphatic carbocycles. The van der Waals surface area contributed by atoms with Crippen molar-refractivity contribution in [2.45, 2.75) is 0 Å². The summed E-state index contributed by atoms with van der Waals surface area (Å²) < 4.78 is 13.2. The fraction of sp³-hybridized carbons (Fsp3) is 0. The van der Waals surface area contributed by atoms with Gasteiger partial charge in [-0.05, 0) is 12.1 Å². The van der Waals surface area contributed by atoms with Gasteiger partial charge in [0.2, 0.25) is 5.95 Å². The normalized spacial score (nSPS) is 10.8. The van der Waals surface area contributed by atoms with Crippen LogP contribution in [0.2, 0.25) is 10.3 Å². The second-order valence-corrected chi connectivity index (χ2v) is 4.62. The molecular formula is C12H6Cl2FN5. The number of hydrogen-bond donors (Lipinski definition) is 1. The van der Waals surface area contributed by atoms with E-state index >= 15 is 0 Å². The topological polar surface area (TPSA) is 63.6 Å². The first-order valence-corrected chi connectivity index (χ1v) is 6.25. The molecule has 0 unspecified atom stereocenters. The number of hydrogen-bond acceptors (Lipinski definition) is 5. The van der Waals surface area contributed by atoms with Crippen LogP contribution in [0, 0.1) is 5.82 Å². The van der Waals surface area contributed by atoms with Crippen molar-refractivity contribution >= 4 is 45.9 Å². The van der Waals surface area contributed by atoms with E-state index in [-0.39, 0.29) is 22.1 Å². The molecule has 0 saturated carbocycles. The second kappa shape index (κ2) is 5.15. The van der Waals surface area contributed by atoms with E-state index in [1.807, 2.05) is 0 Å². The van der Waals surface area contributed by atoms with Crippen molar-refractivity contribution in [3.8, 4) is 0 Å². The quantitative estimate of drug-likeness (QED) is 0.733. The lowest BCUT2D eigenvalue weighted by atomic mass is 10.2. The van der Waals surface area contributed by atoms with Gasteiger partial charge in [-0.3, -0.25) is 0 Å². The highest BCUT2D eigenvalue weighted by Crippen LogP contribution is 2.23. The van der Waals surface area contributed by atoms with Crippen LogP contribution in [-0.4, -0.2) is 19.9 Å². The summed E-state index contributed by atoms with van der Waals surface area (Å²) in [7, 11) is 0. The molecule has 2 aromatic heterocycles. The molecule has 0 radical (unpaired) electrons. The molecule has 0 aliphatic rings. The van der Waals surface area contributed by atoms with Crippen LogP contribution in [0.1, 0.15) is 0 Å². The molecule has 0 spiro atoms. The molecule has 20 heavy (non-hydrogen) atoms. The summed E-state index contributed by atoms with van der Waals surface area (Å²) in [6.45, 7) is 0. The van der Waals surface area contributed by atoms with Gasteiger partial charge in [0.15, 0.2) is 0 Å². The van der Waals surface area contributed by atoms with Crippen LogP contribution < -0.4 is 5.32 Å². The number of fused-ring (bicyclic) bond motifs is 1. The summed E-state index contributed by atoms with van der Waals surface area (Å²) in [6, 6.07) is 5.62. The minimum absolute atomic E-state index is 0.201. The Morgan fingerprint density at radius 1 is 1.00 bits per heavy atom. The maximum Gasteiger partial charge on any atom is 0.231 e. The zero-order valence-corrected chi connectivity index (χ0v) is 11.3. The Hall–Kier alpha value is -2.05. The van der Waals surface area contributed by atoms with Gasteiger partial charge in [0.25, 0.3) is 0 Å². The molecule has 1 N–H and O–H groups in total. The predicted octanol–water partition coefficient (Wildman–Crippen LogP) is 3.61. The molecule has 5 nitrogen and oxygen atoms in total. The molecule has 3 aromatic rings. The van der Waals surface area contributed by atoms with Crippen LogP contribution in [0.3, 0.4) is 0 Å². The molecule has 0 atom stereocenters. The Kier molecular flexibility index (Phi) is 3.33. The highest BCUT2D eigenvalue weighted by molar-refractivity contribution is 6.33. The second-order valence-electron chi connectivity index (χ2n) is 3.85. The van der Waals surface area contributed by atoms with Gasteiger partial charge in [-0.2, -0.15) is 0 Å². The van der Waals surface area contributed by atoms with E-state index in [1.165, 1.54) is 24.5 Å². The van der Waals surface area contributed by atoms with Crippen molar-refractivity contribution in [3.05, 3.63) is 46.7 Å². The van der Waals surface area contributed by atoms with Gasteiger partial charge in [-0.25, -0.2) is 24.3 Å². The molecule has 0 saturated heterocycles. The molecule has 0 aliphatic heterocycles. The Balaban J connectivity index is 2.06. The van der Waals surface area contributed by atoms with E-state index in [9.17, 15) is 4.39 Å². The van der Waals surface area contributed by atoms with Crippen LogP contribution in [0.5, 0.6) is 0 Å². The first-order valence-electron chi connectivity index (χ1n) is 5.49. The third kappa shape index (κ3) is 2.61. The van der Waals surface area contributed by atoms with Crippen LogP contribution in [0.15, 0.2) is 30.6 Å². The predicted molar refractivity (Wildman–Crippen MR) is 74.8 cm³/mol. The highest BCUT2D eigenvalue weighted by atomic mass is 35.5. The zero-order valence-electron chi connectivity index (χ0n) is 9.81. The van der Waals surface area contributed by atoms with E-state index in [1.54, 1.807) is 6.07 Å². The summed E-state index contributed by atoms with van der Waals surface area (Å²) in [5.41, 5.74) is 0.468. The Labute approximate surface area is 122 Å². The van der Waals surface area contributed by atoms with Crippen molar-refractivity contribution in [2.75, 3.05) is 5.32 Å². The van der Waals surface area contributed by atoms with E-state index in [4.69, 9.17) is 23.2 Å². The van der Waals surface area contributed by atoms with Crippen LogP contribution in [0.25, 0.3) is 10.9 Å². The maximum atomic E-state index is 13.2. The van der Waals surface area contributed by atoms with Crippen molar-refractivity contribution in [1.82, 2.24) is 19.9 Å². The van der Waals surface area contributed by atoms with Gasteiger partial charge in [-0.1, -0.05) is 23.2 Å². The summed E-state index contributed by atoms with van der Waals surface area (Å²) in [6.07, 6.45) is 1.32. The molecule has 0 amide bonds. The number of anilines is 2. The average Bonchev–Trinajstić information content (AvgIpc) is 2.37. The standard InChI is InChI=1S/C12H6Cl2FN5/c13-9-4-10(14)19-12(18-9)20-11-7-2-1-6(15)3-8(7)16-5-17-11/h1-5H,(H,16,17,18,19,20). The molecule has 100 valence electrons. The first kappa shape index (κ1) is 13.0. The lowest BCUT2D eigenvalue weighted by molar-refractivity contribution is 0.629. The Bertz CT molecular complexity index is 776. The minimum atomic E-state index is -0.371. The smallest absolute Gasteiger partial charge is 0.231 e. The Morgan fingerprint density at radius 3 is 2.50 bits per heavy atom. The number of aromatic nitrogens is 4. The summed E-state index contributed by atoms with van der Waals surface area (Å²) >= 11 is 11.6. The van der Waals surface area contributed by atoms with Crippen molar-refractivity contribution < 1.29 is 4.39 Å². The number of halogens is 3. The van der Waals surface area contributed by atoms with E-state index < -0.39 is 0 Å². The third-order valence-corrected chi connectivity index (χ3v) is 2.88. The molecule has 0 fully saturated rings. The summed E-state index contributed by atoms with van der Waals surface area (Å²) in [5, 5.41) is 3.93. The maximum absolute atomic E-state index is 13.2. The van der Waals surface area contributed by atoms with Gasteiger partial charge < -0.3 is 5.32 Å². The van der Waals surface area contributed by atoms with Crippen molar-refractivity contribution in [1.29, 1.82) is 0 Å². The van der Waals surface area contributed by atoms with Crippen molar-refractivity contribution in [3.63, 3.8) is 0 Å². The van der Waals surface area contributed by atoms with Gasteiger partial charge in [-0.15, -0.1) is 0 Å². The largest absolute Gasteiger partial charge is 0.308 e. The van der Waals surface area contributed by atoms with E-state index in [2.05, 4.69) is 25.3 Å². The number of nitrogens with one attached hydrogen (secondary N) is 1. The van der Waals surface area contributed by atoms with Crippen LogP contribution in [-0.2, 0) is 0 Å². The number of benzene rings is 1. The summed E-state index contributed by atoms with van der Waals surface area (Å²) in [5.74, 6) is 0.268. The van der Waals surface area contributed by atoms with E-state index in [0.29, 0.717) is 16.7 Å². The molecule has 2 heterocycles. The fourth-order valence-corrected chi connectivity index (χ4v) is 2.10. The van der Waals surface area contributed by atoms with Crippen molar-refractivity contribution in [2.24, 2.45) is 0 Å². The average molecular weight is 310 g/mol. The fourth-order valence-electron chi connectivity index (χ4n) is 1.68. The first-order chi connectivity index (χ1) is 9.61. The monoisotopic (exact) mass is 309 g/mol. The zero-order chi connectivity index (χ0) is 14.1. The van der Waals surface area contributed by atoms with Gasteiger partial charge in [0.1, 0.15) is 28.3 Å². The number of nitrogens with zero attached hydrogens (tertiary/aromatic N) is 4. The molecule has 3 rings (SSSR count). The number of rotatable bonds is 2. The SMILES string of the molecule is Fc1ccc2c(Nc3nc(Cl)cc(Cl)n3)ncnc2c1. The lowest BCUT2D eigenvalue weighted by Gasteiger charge is -2.07. The highest BCUT2D eigenvalue weighted by Gasteiger charge is 2.08. The van der Waals surface area contributed by atoms with Gasteiger partial charge >= 0.3 is 0 Å². The Morgan fingerprint density at radius 2 is 1.75 bits per heavy atom. The van der Waals surface area contributed by atoms with Crippen LogP contribution >= 0.6 is 23.2 Å². The molecule has 8 heteroatoms. The lowest BCUT2D eigenvalue weighted by Crippen LogP contribution is -2.00. The minimum Gasteiger partial charge on any atom is -0.308 e. The molecule has 1 aromatic carbocycles. The van der Waals surface area contributed by atoms with E-state index in [0.717, 1.165) is 0 Å².